The third-order valence-corrected chi connectivity index (χ3v) is 8.15. The van der Waals surface area contributed by atoms with Gasteiger partial charge in [0.15, 0.2) is 17.3 Å². The maximum absolute atomic E-state index is 15.4. The van der Waals surface area contributed by atoms with Gasteiger partial charge in [0, 0.05) is 53.6 Å². The Morgan fingerprint density at radius 3 is 2.67 bits per heavy atom. The Labute approximate surface area is 257 Å². The molecule has 0 bridgehead atoms. The van der Waals surface area contributed by atoms with Crippen LogP contribution < -0.4 is 10.6 Å². The van der Waals surface area contributed by atoms with Crippen molar-refractivity contribution in [3.63, 3.8) is 0 Å². The number of nitrogens with zero attached hydrogens (tertiary/aromatic N) is 5. The number of fused-ring (bicyclic) bond motifs is 2. The average molecular weight is 608 g/mol. The van der Waals surface area contributed by atoms with Crippen LogP contribution in [0.4, 0.5) is 20.2 Å². The molecule has 4 heterocycles. The van der Waals surface area contributed by atoms with Crippen molar-refractivity contribution in [2.75, 3.05) is 37.8 Å². The first-order valence-corrected chi connectivity index (χ1v) is 14.8. The van der Waals surface area contributed by atoms with E-state index in [9.17, 15) is 9.18 Å². The average Bonchev–Trinajstić information content (AvgIpc) is 3.60. The zero-order valence-corrected chi connectivity index (χ0v) is 24.8. The first kappa shape index (κ1) is 28.5. The molecule has 1 aliphatic carbocycles. The van der Waals surface area contributed by atoms with E-state index >= 15 is 4.39 Å². The van der Waals surface area contributed by atoms with Gasteiger partial charge in [-0.1, -0.05) is 6.42 Å². The fourth-order valence-corrected chi connectivity index (χ4v) is 5.54. The van der Waals surface area contributed by atoms with E-state index in [1.165, 1.54) is 18.2 Å². The highest BCUT2D eigenvalue weighted by molar-refractivity contribution is 5.98. The SMILES string of the molecule is CN(C)CCNc1cc(F)cc(-c2ccnc3nc(-c4[nH]nc5c(F)cc(-c6cncc(NC(=O)C7CCC7)c6)cc45)[nH]c23)c1. The van der Waals surface area contributed by atoms with Crippen LogP contribution in [0.25, 0.3) is 55.8 Å². The summed E-state index contributed by atoms with van der Waals surface area (Å²) in [5.74, 6) is -0.468. The van der Waals surface area contributed by atoms with Crippen molar-refractivity contribution < 1.29 is 13.6 Å². The molecule has 1 aliphatic rings. The second-order valence-electron chi connectivity index (χ2n) is 11.6. The molecule has 0 saturated heterocycles. The molecule has 7 rings (SSSR count). The van der Waals surface area contributed by atoms with Crippen molar-refractivity contribution in [2.24, 2.45) is 5.92 Å². The van der Waals surface area contributed by atoms with Crippen LogP contribution >= 0.6 is 0 Å². The van der Waals surface area contributed by atoms with Gasteiger partial charge in [-0.25, -0.2) is 18.7 Å². The van der Waals surface area contributed by atoms with Gasteiger partial charge in [0.05, 0.1) is 17.4 Å². The molecule has 228 valence electrons. The van der Waals surface area contributed by atoms with E-state index in [4.69, 9.17) is 0 Å². The highest BCUT2D eigenvalue weighted by Crippen LogP contribution is 2.35. The molecule has 0 atom stereocenters. The number of pyridine rings is 2. The van der Waals surface area contributed by atoms with Crippen LogP contribution in [0.2, 0.25) is 0 Å². The minimum Gasteiger partial charge on any atom is -0.384 e. The molecule has 0 radical (unpaired) electrons. The number of H-pyrrole nitrogens is 2. The number of amides is 1. The summed E-state index contributed by atoms with van der Waals surface area (Å²) in [6.45, 7) is 1.46. The number of aromatic nitrogens is 6. The molecule has 4 aromatic heterocycles. The van der Waals surface area contributed by atoms with Crippen molar-refractivity contribution >= 4 is 39.3 Å². The second kappa shape index (κ2) is 11.7. The maximum Gasteiger partial charge on any atom is 0.227 e. The largest absolute Gasteiger partial charge is 0.384 e. The number of carbonyl (C=O) groups is 1. The van der Waals surface area contributed by atoms with Crippen LogP contribution in [0.15, 0.2) is 61.1 Å². The third-order valence-electron chi connectivity index (χ3n) is 8.15. The molecule has 10 nitrogen and oxygen atoms in total. The lowest BCUT2D eigenvalue weighted by Crippen LogP contribution is -2.28. The lowest BCUT2D eigenvalue weighted by atomic mass is 9.85. The summed E-state index contributed by atoms with van der Waals surface area (Å²) >= 11 is 0. The third kappa shape index (κ3) is 5.72. The molecule has 4 N–H and O–H groups in total. The number of hydrogen-bond acceptors (Lipinski definition) is 7. The first-order chi connectivity index (χ1) is 21.8. The predicted octanol–water partition coefficient (Wildman–Crippen LogP) is 6.22. The van der Waals surface area contributed by atoms with Gasteiger partial charge >= 0.3 is 0 Å². The molecule has 2 aromatic carbocycles. The smallest absolute Gasteiger partial charge is 0.227 e. The zero-order valence-electron chi connectivity index (χ0n) is 24.8. The summed E-state index contributed by atoms with van der Waals surface area (Å²) in [6.07, 6.45) is 7.67. The van der Waals surface area contributed by atoms with E-state index in [0.29, 0.717) is 62.7 Å². The number of nitrogens with one attached hydrogen (secondary N) is 4. The standard InChI is InChI=1S/C33H31F2N9O/c1-44(2)9-8-37-23-11-20(10-22(34)15-23)25-6-7-38-31-29(25)40-32(41-31)30-26-13-19(14-27(35)28(26)42-43-30)21-12-24(17-36-16-21)39-33(45)18-4-3-5-18/h6-7,10-18,37H,3-5,8-9H2,1-2H3,(H,39,45)(H,42,43)(H,38,40,41). The number of likely N-dealkylation sites (N-methyl/N-ethyl adjacent to an activating group) is 1. The number of aromatic amines is 2. The predicted molar refractivity (Wildman–Crippen MR) is 171 cm³/mol. The van der Waals surface area contributed by atoms with Crippen molar-refractivity contribution in [3.8, 4) is 33.8 Å². The normalized spacial score (nSPS) is 13.4. The van der Waals surface area contributed by atoms with Gasteiger partial charge in [0.25, 0.3) is 0 Å². The molecule has 6 aromatic rings. The molecule has 1 saturated carbocycles. The number of benzene rings is 2. The van der Waals surface area contributed by atoms with Gasteiger partial charge < -0.3 is 20.5 Å². The van der Waals surface area contributed by atoms with Crippen LogP contribution in [0.3, 0.4) is 0 Å². The van der Waals surface area contributed by atoms with E-state index in [2.05, 4.69) is 40.8 Å². The number of anilines is 2. The zero-order chi connectivity index (χ0) is 31.1. The van der Waals surface area contributed by atoms with Crippen LogP contribution in [0.1, 0.15) is 19.3 Å². The van der Waals surface area contributed by atoms with E-state index in [-0.39, 0.29) is 23.2 Å². The van der Waals surface area contributed by atoms with Crippen molar-refractivity contribution in [1.29, 1.82) is 0 Å². The van der Waals surface area contributed by atoms with Crippen LogP contribution in [0.5, 0.6) is 0 Å². The topological polar surface area (TPSA) is 128 Å². The van der Waals surface area contributed by atoms with Gasteiger partial charge in [0.2, 0.25) is 5.91 Å². The second-order valence-corrected chi connectivity index (χ2v) is 11.6. The summed E-state index contributed by atoms with van der Waals surface area (Å²) in [6, 6.07) is 11.6. The molecular formula is C33H31F2N9O. The summed E-state index contributed by atoms with van der Waals surface area (Å²) in [5, 5.41) is 13.9. The number of carbonyl (C=O) groups excluding carboxylic acids is 1. The van der Waals surface area contributed by atoms with Crippen molar-refractivity contribution in [2.45, 2.75) is 19.3 Å². The van der Waals surface area contributed by atoms with E-state index in [1.807, 2.05) is 31.1 Å². The number of rotatable bonds is 9. The number of imidazole rings is 1. The van der Waals surface area contributed by atoms with E-state index in [1.54, 1.807) is 30.7 Å². The van der Waals surface area contributed by atoms with E-state index in [0.717, 1.165) is 31.4 Å². The molecular weight excluding hydrogens is 576 g/mol. The summed E-state index contributed by atoms with van der Waals surface area (Å²) in [7, 11) is 3.96. The number of hydrogen-bond donors (Lipinski definition) is 4. The van der Waals surface area contributed by atoms with Crippen LogP contribution in [0, 0.1) is 17.6 Å². The van der Waals surface area contributed by atoms with Crippen LogP contribution in [-0.2, 0) is 4.79 Å². The van der Waals surface area contributed by atoms with Gasteiger partial charge in [0.1, 0.15) is 17.0 Å². The minimum atomic E-state index is -0.516. The molecule has 12 heteroatoms. The Morgan fingerprint density at radius 1 is 1.02 bits per heavy atom. The molecule has 0 aliphatic heterocycles. The summed E-state index contributed by atoms with van der Waals surface area (Å²) < 4.78 is 30.1. The van der Waals surface area contributed by atoms with Gasteiger partial charge in [-0.05, 0) is 80.5 Å². The summed E-state index contributed by atoms with van der Waals surface area (Å²) in [5.41, 5.74) is 5.47. The molecule has 0 unspecified atom stereocenters. The quantitative estimate of drug-likeness (QED) is 0.154. The Balaban J connectivity index is 1.24. The number of halogens is 2. The molecule has 1 amide bonds. The Morgan fingerprint density at radius 2 is 1.87 bits per heavy atom. The van der Waals surface area contributed by atoms with Gasteiger partial charge in [-0.3, -0.25) is 14.9 Å². The van der Waals surface area contributed by atoms with Crippen molar-refractivity contribution in [1.82, 2.24) is 35.0 Å². The highest BCUT2D eigenvalue weighted by atomic mass is 19.1. The Kier molecular flexibility index (Phi) is 7.42. The van der Waals surface area contributed by atoms with Gasteiger partial charge in [-0.15, -0.1) is 0 Å². The molecule has 1 fully saturated rings. The first-order valence-electron chi connectivity index (χ1n) is 14.8. The lowest BCUT2D eigenvalue weighted by molar-refractivity contribution is -0.122. The van der Waals surface area contributed by atoms with Crippen LogP contribution in [-0.4, -0.2) is 68.1 Å². The van der Waals surface area contributed by atoms with E-state index < -0.39 is 5.82 Å². The lowest BCUT2D eigenvalue weighted by Gasteiger charge is -2.24. The minimum absolute atomic E-state index is 0.0214. The van der Waals surface area contributed by atoms with Crippen molar-refractivity contribution in [3.05, 3.63) is 72.7 Å². The fourth-order valence-electron chi connectivity index (χ4n) is 5.54. The van der Waals surface area contributed by atoms with Gasteiger partial charge in [-0.2, -0.15) is 5.10 Å². The summed E-state index contributed by atoms with van der Waals surface area (Å²) in [4.78, 5) is 31.2. The maximum atomic E-state index is 15.4. The Bertz CT molecular complexity index is 2050. The molecule has 0 spiro atoms. The molecule has 45 heavy (non-hydrogen) atoms. The Hall–Kier alpha value is -5.23. The monoisotopic (exact) mass is 607 g/mol. The highest BCUT2D eigenvalue weighted by Gasteiger charge is 2.25. The fraction of sp³-hybridized carbons (Fsp3) is 0.242.